The number of amides is 5. The van der Waals surface area contributed by atoms with E-state index in [2.05, 4.69) is 30.9 Å². The summed E-state index contributed by atoms with van der Waals surface area (Å²) >= 11 is 0. The first-order valence-corrected chi connectivity index (χ1v) is 20.6. The number of halogens is 1. The number of benzene rings is 1. The molecule has 18 heteroatoms. The molecule has 3 heterocycles. The van der Waals surface area contributed by atoms with Crippen molar-refractivity contribution >= 4 is 59.2 Å². The maximum absolute atomic E-state index is 15.6. The molecule has 0 spiro atoms. The van der Waals surface area contributed by atoms with Crippen molar-refractivity contribution in [3.8, 4) is 0 Å². The van der Waals surface area contributed by atoms with Crippen molar-refractivity contribution in [1.29, 1.82) is 0 Å². The number of nitrogens with one attached hydrogen (secondary N) is 3. The van der Waals surface area contributed by atoms with Crippen LogP contribution in [0, 0.1) is 12.7 Å². The normalized spacial score (nSPS) is 15.4. The second-order valence-corrected chi connectivity index (χ2v) is 19.0. The van der Waals surface area contributed by atoms with E-state index in [4.69, 9.17) is 18.9 Å². The van der Waals surface area contributed by atoms with Crippen LogP contribution >= 0.6 is 0 Å². The van der Waals surface area contributed by atoms with Crippen molar-refractivity contribution in [2.75, 3.05) is 31.5 Å². The van der Waals surface area contributed by atoms with E-state index >= 15 is 4.39 Å². The zero-order chi connectivity index (χ0) is 47.1. The third-order valence-electron chi connectivity index (χ3n) is 8.68. The number of nitrogens with zero attached hydrogens (tertiary/aromatic N) is 5. The molecular formula is C45H61FN8O9. The van der Waals surface area contributed by atoms with Crippen molar-refractivity contribution in [3.63, 3.8) is 0 Å². The number of aliphatic imine (C=N–C) groups is 2. The molecule has 3 N–H and O–H groups in total. The van der Waals surface area contributed by atoms with Crippen LogP contribution in [0.25, 0.3) is 11.1 Å². The number of anilines is 1. The Morgan fingerprint density at radius 1 is 0.667 bits per heavy atom. The molecule has 5 amide bonds. The summed E-state index contributed by atoms with van der Waals surface area (Å²) in [7, 11) is 0. The SMILES string of the molecule is Cc1cc(C2=CCN(C(=NC(=O)OC(C)(C)C)NC(=O)OC(C)(C)C)CC2)cnc1NC(=O)c1ccc(C2=CCN(C(=NC(=O)OC(C)(C)C)NC(=O)OC(C)(C)C)CC2)c(F)c1. The molecule has 2 aromatic rings. The summed E-state index contributed by atoms with van der Waals surface area (Å²) in [5, 5.41) is 7.90. The highest BCUT2D eigenvalue weighted by Crippen LogP contribution is 2.28. The predicted octanol–water partition coefficient (Wildman–Crippen LogP) is 8.59. The predicted molar refractivity (Wildman–Crippen MR) is 238 cm³/mol. The van der Waals surface area contributed by atoms with Crippen LogP contribution < -0.4 is 16.0 Å². The van der Waals surface area contributed by atoms with Crippen molar-refractivity contribution in [2.45, 2.75) is 125 Å². The highest BCUT2D eigenvalue weighted by Gasteiger charge is 2.28. The molecule has 0 saturated heterocycles. The van der Waals surface area contributed by atoms with E-state index in [0.29, 0.717) is 48.4 Å². The zero-order valence-electron chi connectivity index (χ0n) is 38.6. The Kier molecular flexibility index (Phi) is 15.5. The van der Waals surface area contributed by atoms with E-state index in [1.165, 1.54) is 12.1 Å². The smallest absolute Gasteiger partial charge is 0.437 e. The first-order valence-electron chi connectivity index (χ1n) is 20.6. The lowest BCUT2D eigenvalue weighted by Gasteiger charge is -2.30. The van der Waals surface area contributed by atoms with Crippen LogP contribution in [0.5, 0.6) is 0 Å². The Balaban J connectivity index is 1.43. The largest absolute Gasteiger partial charge is 0.444 e. The maximum atomic E-state index is 15.6. The molecule has 0 radical (unpaired) electrons. The number of pyridine rings is 1. The van der Waals surface area contributed by atoms with Gasteiger partial charge in [0.05, 0.1) is 0 Å². The Morgan fingerprint density at radius 2 is 1.13 bits per heavy atom. The Morgan fingerprint density at radius 3 is 1.52 bits per heavy atom. The zero-order valence-corrected chi connectivity index (χ0v) is 38.6. The number of carbonyl (C=O) groups excluding carboxylic acids is 5. The minimum atomic E-state index is -0.894. The van der Waals surface area contributed by atoms with Gasteiger partial charge in [-0.05, 0) is 143 Å². The fraction of sp³-hybridized carbons (Fsp3) is 0.511. The number of hydrogen-bond donors (Lipinski definition) is 3. The van der Waals surface area contributed by atoms with E-state index in [0.717, 1.165) is 17.2 Å². The van der Waals surface area contributed by atoms with Crippen LogP contribution in [0.2, 0.25) is 0 Å². The molecule has 63 heavy (non-hydrogen) atoms. The molecule has 0 saturated carbocycles. The number of hydrogen-bond acceptors (Lipinski definition) is 10. The molecule has 2 aliphatic rings. The minimum absolute atomic E-state index is 0.00172. The topological polar surface area (TPSA) is 202 Å². The van der Waals surface area contributed by atoms with Crippen LogP contribution in [0.3, 0.4) is 0 Å². The number of alkyl carbamates (subject to hydrolysis) is 2. The fourth-order valence-corrected chi connectivity index (χ4v) is 6.10. The van der Waals surface area contributed by atoms with Crippen molar-refractivity contribution < 1.29 is 47.3 Å². The van der Waals surface area contributed by atoms with Gasteiger partial charge < -0.3 is 34.1 Å². The summed E-state index contributed by atoms with van der Waals surface area (Å²) in [6.45, 7) is 23.5. The van der Waals surface area contributed by atoms with Gasteiger partial charge in [0.2, 0.25) is 11.9 Å². The van der Waals surface area contributed by atoms with E-state index in [9.17, 15) is 24.0 Å². The van der Waals surface area contributed by atoms with Gasteiger partial charge in [0.25, 0.3) is 5.91 Å². The quantitative estimate of drug-likeness (QED) is 0.150. The van der Waals surface area contributed by atoms with Gasteiger partial charge in [0.15, 0.2) is 0 Å². The molecule has 2 aliphatic heterocycles. The lowest BCUT2D eigenvalue weighted by atomic mass is 9.97. The third-order valence-corrected chi connectivity index (χ3v) is 8.68. The van der Waals surface area contributed by atoms with Gasteiger partial charge in [-0.1, -0.05) is 18.2 Å². The molecule has 0 bridgehead atoms. The van der Waals surface area contributed by atoms with Gasteiger partial charge in [-0.25, -0.2) is 28.6 Å². The molecule has 0 aliphatic carbocycles. The number of carbonyl (C=O) groups is 5. The average Bonchev–Trinajstić information content (AvgIpc) is 3.12. The molecule has 1 aromatic carbocycles. The maximum Gasteiger partial charge on any atom is 0.437 e. The second kappa shape index (κ2) is 19.8. The fourth-order valence-electron chi connectivity index (χ4n) is 6.10. The lowest BCUT2D eigenvalue weighted by Crippen LogP contribution is -2.48. The molecule has 342 valence electrons. The van der Waals surface area contributed by atoms with Gasteiger partial charge in [-0.2, -0.15) is 0 Å². The van der Waals surface area contributed by atoms with E-state index in [-0.39, 0.29) is 30.6 Å². The van der Waals surface area contributed by atoms with E-state index in [1.807, 2.05) is 12.1 Å². The Hall–Kier alpha value is -6.33. The average molecular weight is 877 g/mol. The Bertz CT molecular complexity index is 2210. The first kappa shape index (κ1) is 49.3. The molecule has 1 aromatic heterocycles. The summed E-state index contributed by atoms with van der Waals surface area (Å²) in [5.74, 6) is -0.913. The number of rotatable bonds is 4. The van der Waals surface area contributed by atoms with Crippen LogP contribution in [-0.2, 0) is 18.9 Å². The van der Waals surface area contributed by atoms with Crippen LogP contribution in [0.1, 0.15) is 123 Å². The number of ether oxygens (including phenoxy) is 4. The molecular weight excluding hydrogens is 816 g/mol. The van der Waals surface area contributed by atoms with Crippen LogP contribution in [-0.4, -0.2) is 106 Å². The summed E-state index contributed by atoms with van der Waals surface area (Å²) < 4.78 is 37.1. The summed E-state index contributed by atoms with van der Waals surface area (Å²) in [6, 6.07) is 6.11. The molecule has 0 atom stereocenters. The van der Waals surface area contributed by atoms with Crippen LogP contribution in [0.4, 0.5) is 29.4 Å². The van der Waals surface area contributed by atoms with Crippen molar-refractivity contribution in [3.05, 3.63) is 70.7 Å². The highest BCUT2D eigenvalue weighted by atomic mass is 19.1. The van der Waals surface area contributed by atoms with Gasteiger partial charge in [0.1, 0.15) is 34.0 Å². The van der Waals surface area contributed by atoms with Crippen LogP contribution in [0.15, 0.2) is 52.6 Å². The molecule has 0 unspecified atom stereocenters. The summed E-state index contributed by atoms with van der Waals surface area (Å²) in [6.07, 6.45) is 2.85. The Labute approximate surface area is 368 Å². The molecule has 17 nitrogen and oxygen atoms in total. The monoisotopic (exact) mass is 876 g/mol. The second-order valence-electron chi connectivity index (χ2n) is 19.0. The number of guanidine groups is 2. The third kappa shape index (κ3) is 16.1. The van der Waals surface area contributed by atoms with Gasteiger partial charge in [0, 0.05) is 43.5 Å². The van der Waals surface area contributed by atoms with E-state index in [1.54, 1.807) is 112 Å². The van der Waals surface area contributed by atoms with Crippen molar-refractivity contribution in [1.82, 2.24) is 25.4 Å². The van der Waals surface area contributed by atoms with Gasteiger partial charge >= 0.3 is 24.4 Å². The van der Waals surface area contributed by atoms with Gasteiger partial charge in [-0.3, -0.25) is 15.4 Å². The molecule has 0 fully saturated rings. The number of aryl methyl sites for hydroxylation is 1. The summed E-state index contributed by atoms with van der Waals surface area (Å²) in [5.41, 5.74) is 0.340. The standard InChI is InChI=1S/C45H61FN8O9/c1-27-24-31(28-16-20-53(21-17-28)36(49-38(56)60-42(2,3)4)50-39(57)61-43(5,6)7)26-47-34(27)48-35(55)30-14-15-32(33(46)25-30)29-18-22-54(23-19-29)37(51-40(58)62-44(8,9)10)52-41(59)63-45(11,12)13/h14-16,18,24-26H,17,19-23H2,1-13H3,(H,47,48,55)(H,49,50,56,57)(H,51,52,58,59). The first-order chi connectivity index (χ1) is 29.0. The minimum Gasteiger partial charge on any atom is -0.444 e. The van der Waals surface area contributed by atoms with E-state index < -0.39 is 58.5 Å². The molecule has 4 rings (SSSR count). The summed E-state index contributed by atoms with van der Waals surface area (Å²) in [4.78, 5) is 79.7. The van der Waals surface area contributed by atoms with Crippen molar-refractivity contribution in [2.24, 2.45) is 9.98 Å². The van der Waals surface area contributed by atoms with Gasteiger partial charge in [-0.15, -0.1) is 9.98 Å². The highest BCUT2D eigenvalue weighted by molar-refractivity contribution is 6.04. The number of aromatic nitrogens is 1. The lowest BCUT2D eigenvalue weighted by molar-refractivity contribution is 0.0536.